The molecule has 0 bridgehead atoms. The van der Waals surface area contributed by atoms with Gasteiger partial charge in [-0.3, -0.25) is 9.59 Å². The number of pyridine rings is 1. The molecule has 2 aromatic heterocycles. The Balaban J connectivity index is 1.54. The van der Waals surface area contributed by atoms with Gasteiger partial charge in [0.2, 0.25) is 11.8 Å². The minimum absolute atomic E-state index is 0.0500. The third-order valence-corrected chi connectivity index (χ3v) is 5.72. The SMILES string of the molecule is CC(=O)Nc1cc(CCc2cnc(NC(=O)Cc3cccc(C(C)(C)C)c3)s2)ccn1. The van der Waals surface area contributed by atoms with E-state index in [0.29, 0.717) is 17.4 Å². The van der Waals surface area contributed by atoms with Crippen LogP contribution in [-0.2, 0) is 34.3 Å². The van der Waals surface area contributed by atoms with Crippen molar-refractivity contribution in [2.45, 2.75) is 52.4 Å². The molecule has 6 nitrogen and oxygen atoms in total. The molecule has 2 N–H and O–H groups in total. The van der Waals surface area contributed by atoms with Crippen molar-refractivity contribution in [1.29, 1.82) is 0 Å². The largest absolute Gasteiger partial charge is 0.311 e. The van der Waals surface area contributed by atoms with Crippen LogP contribution in [0, 0.1) is 0 Å². The summed E-state index contributed by atoms with van der Waals surface area (Å²) < 4.78 is 0. The van der Waals surface area contributed by atoms with Crippen LogP contribution < -0.4 is 10.6 Å². The Bertz CT molecular complexity index is 1070. The average molecular weight is 437 g/mol. The number of hydrogen-bond acceptors (Lipinski definition) is 5. The summed E-state index contributed by atoms with van der Waals surface area (Å²) in [5.41, 5.74) is 3.34. The number of thiazole rings is 1. The fraction of sp³-hybridized carbons (Fsp3) is 0.333. The molecule has 1 aromatic carbocycles. The van der Waals surface area contributed by atoms with Gasteiger partial charge in [0.25, 0.3) is 0 Å². The highest BCUT2D eigenvalue weighted by molar-refractivity contribution is 7.15. The molecule has 0 unspecified atom stereocenters. The number of anilines is 2. The second-order valence-corrected chi connectivity index (χ2v) is 9.65. The van der Waals surface area contributed by atoms with E-state index in [2.05, 4.69) is 53.5 Å². The summed E-state index contributed by atoms with van der Waals surface area (Å²) in [5.74, 6) is 0.344. The maximum Gasteiger partial charge on any atom is 0.230 e. The summed E-state index contributed by atoms with van der Waals surface area (Å²) in [5, 5.41) is 6.21. The number of carbonyl (C=O) groups excluding carboxylic acids is 2. The van der Waals surface area contributed by atoms with E-state index in [1.807, 2.05) is 24.3 Å². The highest BCUT2D eigenvalue weighted by Crippen LogP contribution is 2.24. The van der Waals surface area contributed by atoms with Crippen LogP contribution in [0.25, 0.3) is 0 Å². The van der Waals surface area contributed by atoms with E-state index < -0.39 is 0 Å². The van der Waals surface area contributed by atoms with E-state index in [9.17, 15) is 9.59 Å². The molecule has 0 aliphatic heterocycles. The summed E-state index contributed by atoms with van der Waals surface area (Å²) in [4.78, 5) is 33.2. The lowest BCUT2D eigenvalue weighted by atomic mass is 9.86. The minimum atomic E-state index is -0.141. The smallest absolute Gasteiger partial charge is 0.230 e. The lowest BCUT2D eigenvalue weighted by Gasteiger charge is -2.19. The van der Waals surface area contributed by atoms with Crippen molar-refractivity contribution in [2.75, 3.05) is 10.6 Å². The molecule has 0 saturated carbocycles. The van der Waals surface area contributed by atoms with Crippen LogP contribution in [0.1, 0.15) is 49.3 Å². The van der Waals surface area contributed by atoms with E-state index in [0.717, 1.165) is 28.8 Å². The van der Waals surface area contributed by atoms with Crippen LogP contribution in [0.3, 0.4) is 0 Å². The Hall–Kier alpha value is -3.06. The summed E-state index contributed by atoms with van der Waals surface area (Å²) >= 11 is 1.48. The first kappa shape index (κ1) is 22.6. The third-order valence-electron chi connectivity index (χ3n) is 4.75. The summed E-state index contributed by atoms with van der Waals surface area (Å²) in [7, 11) is 0. The van der Waals surface area contributed by atoms with Gasteiger partial charge in [0.1, 0.15) is 5.82 Å². The van der Waals surface area contributed by atoms with Gasteiger partial charge in [0.05, 0.1) is 6.42 Å². The number of aromatic nitrogens is 2. The van der Waals surface area contributed by atoms with Crippen LogP contribution in [0.2, 0.25) is 0 Å². The molecule has 0 aliphatic carbocycles. The number of benzene rings is 1. The normalized spacial score (nSPS) is 11.2. The molecule has 0 aliphatic rings. The predicted molar refractivity (Wildman–Crippen MR) is 126 cm³/mol. The quantitative estimate of drug-likeness (QED) is 0.559. The van der Waals surface area contributed by atoms with Crippen molar-refractivity contribution in [3.05, 3.63) is 70.4 Å². The van der Waals surface area contributed by atoms with Crippen molar-refractivity contribution in [3.8, 4) is 0 Å². The van der Waals surface area contributed by atoms with Crippen LogP contribution in [0.5, 0.6) is 0 Å². The Morgan fingerprint density at radius 1 is 1.00 bits per heavy atom. The summed E-state index contributed by atoms with van der Waals surface area (Å²) in [6.45, 7) is 7.95. The molecule has 2 heterocycles. The van der Waals surface area contributed by atoms with Gasteiger partial charge in [-0.25, -0.2) is 9.97 Å². The second-order valence-electron chi connectivity index (χ2n) is 8.54. The van der Waals surface area contributed by atoms with E-state index in [4.69, 9.17) is 0 Å². The van der Waals surface area contributed by atoms with Crippen molar-refractivity contribution in [1.82, 2.24) is 9.97 Å². The standard InChI is InChI=1S/C24H28N4O2S/c1-16(29)27-21-13-17(10-11-25-21)8-9-20-15-26-23(31-20)28-22(30)14-18-6-5-7-19(12-18)24(2,3)4/h5-7,10-13,15H,8-9,14H2,1-4H3,(H,25,27,29)(H,26,28,30). The van der Waals surface area contributed by atoms with Gasteiger partial charge in [-0.15, -0.1) is 11.3 Å². The number of hydrogen-bond donors (Lipinski definition) is 2. The highest BCUT2D eigenvalue weighted by atomic mass is 32.1. The monoisotopic (exact) mass is 436 g/mol. The number of amides is 2. The molecule has 31 heavy (non-hydrogen) atoms. The molecule has 0 saturated heterocycles. The van der Waals surface area contributed by atoms with Gasteiger partial charge in [-0.2, -0.15) is 0 Å². The average Bonchev–Trinajstić information content (AvgIpc) is 3.13. The first-order valence-corrected chi connectivity index (χ1v) is 11.1. The van der Waals surface area contributed by atoms with Crippen molar-refractivity contribution >= 4 is 34.1 Å². The molecule has 162 valence electrons. The maximum atomic E-state index is 12.5. The van der Waals surface area contributed by atoms with Crippen LogP contribution >= 0.6 is 11.3 Å². The zero-order chi connectivity index (χ0) is 22.4. The van der Waals surface area contributed by atoms with Crippen molar-refractivity contribution in [3.63, 3.8) is 0 Å². The third kappa shape index (κ3) is 7.00. The van der Waals surface area contributed by atoms with Gasteiger partial charge >= 0.3 is 0 Å². The van der Waals surface area contributed by atoms with E-state index in [1.165, 1.54) is 23.8 Å². The van der Waals surface area contributed by atoms with Gasteiger partial charge in [-0.1, -0.05) is 45.0 Å². The van der Waals surface area contributed by atoms with E-state index >= 15 is 0 Å². The second kappa shape index (κ2) is 9.83. The topological polar surface area (TPSA) is 84.0 Å². The molecule has 0 radical (unpaired) electrons. The molecule has 0 spiro atoms. The summed E-state index contributed by atoms with van der Waals surface area (Å²) in [6, 6.07) is 12.0. The lowest BCUT2D eigenvalue weighted by molar-refractivity contribution is -0.116. The van der Waals surface area contributed by atoms with E-state index in [1.54, 1.807) is 12.4 Å². The van der Waals surface area contributed by atoms with Crippen molar-refractivity contribution in [2.24, 2.45) is 0 Å². The number of nitrogens with one attached hydrogen (secondary N) is 2. The van der Waals surface area contributed by atoms with Gasteiger partial charge in [0, 0.05) is 24.2 Å². The Kier molecular flexibility index (Phi) is 7.17. The highest BCUT2D eigenvalue weighted by Gasteiger charge is 2.15. The predicted octanol–water partition coefficient (Wildman–Crippen LogP) is 4.76. The van der Waals surface area contributed by atoms with E-state index in [-0.39, 0.29) is 17.2 Å². The van der Waals surface area contributed by atoms with Crippen LogP contribution in [0.15, 0.2) is 48.8 Å². The number of carbonyl (C=O) groups is 2. The zero-order valence-electron chi connectivity index (χ0n) is 18.4. The van der Waals surface area contributed by atoms with Crippen LogP contribution in [0.4, 0.5) is 10.9 Å². The fourth-order valence-corrected chi connectivity index (χ4v) is 3.95. The molecule has 3 rings (SSSR count). The Morgan fingerprint density at radius 3 is 2.55 bits per heavy atom. The molecule has 2 amide bonds. The lowest BCUT2D eigenvalue weighted by Crippen LogP contribution is -2.15. The first-order valence-electron chi connectivity index (χ1n) is 10.3. The summed E-state index contributed by atoms with van der Waals surface area (Å²) in [6.07, 6.45) is 5.40. The molecule has 0 atom stereocenters. The Labute approximate surface area is 187 Å². The Morgan fingerprint density at radius 2 is 1.81 bits per heavy atom. The maximum absolute atomic E-state index is 12.5. The first-order chi connectivity index (χ1) is 14.7. The minimum Gasteiger partial charge on any atom is -0.311 e. The van der Waals surface area contributed by atoms with Gasteiger partial charge in [0.15, 0.2) is 5.13 Å². The van der Waals surface area contributed by atoms with Crippen molar-refractivity contribution < 1.29 is 9.59 Å². The van der Waals surface area contributed by atoms with Gasteiger partial charge in [-0.05, 0) is 47.1 Å². The zero-order valence-corrected chi connectivity index (χ0v) is 19.2. The molecule has 3 aromatic rings. The molecular weight excluding hydrogens is 408 g/mol. The number of aryl methyl sites for hydroxylation is 2. The number of rotatable bonds is 7. The van der Waals surface area contributed by atoms with Crippen LogP contribution in [-0.4, -0.2) is 21.8 Å². The molecule has 0 fully saturated rings. The number of nitrogens with zero attached hydrogens (tertiary/aromatic N) is 2. The molecular formula is C24H28N4O2S. The van der Waals surface area contributed by atoms with Gasteiger partial charge < -0.3 is 10.6 Å². The molecule has 7 heteroatoms. The fourth-order valence-electron chi connectivity index (χ4n) is 3.12.